The highest BCUT2D eigenvalue weighted by molar-refractivity contribution is 5.79. The molecule has 1 N–H and O–H groups in total. The van der Waals surface area contributed by atoms with Crippen LogP contribution in [0.15, 0.2) is 36.9 Å². The van der Waals surface area contributed by atoms with Crippen LogP contribution < -0.4 is 10.2 Å². The van der Waals surface area contributed by atoms with Crippen molar-refractivity contribution < 1.29 is 4.79 Å². The Bertz CT molecular complexity index is 630. The highest BCUT2D eigenvalue weighted by atomic mass is 16.1. The van der Waals surface area contributed by atoms with Gasteiger partial charge in [0.25, 0.3) is 0 Å². The van der Waals surface area contributed by atoms with Crippen molar-refractivity contribution in [3.05, 3.63) is 36.9 Å². The minimum absolute atomic E-state index is 0.000500. The van der Waals surface area contributed by atoms with Gasteiger partial charge >= 0.3 is 0 Å². The van der Waals surface area contributed by atoms with Crippen molar-refractivity contribution in [2.75, 3.05) is 24.5 Å². The van der Waals surface area contributed by atoms with Crippen LogP contribution in [-0.4, -0.2) is 45.3 Å². The second kappa shape index (κ2) is 7.90. The van der Waals surface area contributed by atoms with Crippen molar-refractivity contribution in [2.45, 2.75) is 26.3 Å². The van der Waals surface area contributed by atoms with E-state index in [1.807, 2.05) is 16.9 Å². The molecule has 0 saturated carbocycles. The number of anilines is 1. The Morgan fingerprint density at radius 3 is 2.92 bits per heavy atom. The predicted octanol–water partition coefficient (Wildman–Crippen LogP) is 1.34. The van der Waals surface area contributed by atoms with Gasteiger partial charge in [-0.2, -0.15) is 5.10 Å². The molecular weight excluding hydrogens is 304 g/mol. The molecule has 24 heavy (non-hydrogen) atoms. The van der Waals surface area contributed by atoms with Gasteiger partial charge in [0.1, 0.15) is 0 Å². The molecule has 1 saturated heterocycles. The molecule has 3 rings (SSSR count). The third-order valence-corrected chi connectivity index (χ3v) is 4.31. The van der Waals surface area contributed by atoms with E-state index in [0.29, 0.717) is 25.0 Å². The first kappa shape index (κ1) is 16.4. The molecule has 2 aromatic rings. The molecule has 3 heterocycles. The number of piperidine rings is 1. The van der Waals surface area contributed by atoms with Crippen molar-refractivity contribution in [3.8, 4) is 0 Å². The molecule has 7 nitrogen and oxygen atoms in total. The van der Waals surface area contributed by atoms with Gasteiger partial charge < -0.3 is 10.2 Å². The van der Waals surface area contributed by atoms with Crippen LogP contribution in [0.25, 0.3) is 0 Å². The van der Waals surface area contributed by atoms with Gasteiger partial charge in [0, 0.05) is 51.0 Å². The van der Waals surface area contributed by atoms with Gasteiger partial charge in [0.15, 0.2) is 0 Å². The quantitative estimate of drug-likeness (QED) is 0.866. The molecule has 0 aliphatic carbocycles. The van der Waals surface area contributed by atoms with Gasteiger partial charge in [-0.1, -0.05) is 6.92 Å². The Hall–Kier alpha value is -2.44. The SMILES string of the molecule is C[C@@H](CNC(=O)[C@@H]1CCCN(c2ncccn2)C1)Cn1cccn1. The van der Waals surface area contributed by atoms with Crippen LogP contribution in [0.4, 0.5) is 5.95 Å². The molecule has 1 fully saturated rings. The van der Waals surface area contributed by atoms with Crippen LogP contribution in [-0.2, 0) is 11.3 Å². The van der Waals surface area contributed by atoms with E-state index in [9.17, 15) is 4.79 Å². The molecule has 1 aliphatic heterocycles. The van der Waals surface area contributed by atoms with E-state index in [2.05, 4.69) is 32.2 Å². The van der Waals surface area contributed by atoms with Gasteiger partial charge in [-0.15, -0.1) is 0 Å². The Kier molecular flexibility index (Phi) is 5.40. The largest absolute Gasteiger partial charge is 0.355 e. The average Bonchev–Trinajstić information content (AvgIpc) is 3.13. The molecule has 0 aromatic carbocycles. The summed E-state index contributed by atoms with van der Waals surface area (Å²) in [6.07, 6.45) is 9.10. The lowest BCUT2D eigenvalue weighted by molar-refractivity contribution is -0.125. The fourth-order valence-electron chi connectivity index (χ4n) is 3.04. The molecule has 0 unspecified atom stereocenters. The Labute approximate surface area is 142 Å². The summed E-state index contributed by atoms with van der Waals surface area (Å²) in [7, 11) is 0. The molecule has 0 bridgehead atoms. The van der Waals surface area contributed by atoms with E-state index in [1.54, 1.807) is 24.7 Å². The fraction of sp³-hybridized carbons (Fsp3) is 0.529. The summed E-state index contributed by atoms with van der Waals surface area (Å²) in [6, 6.07) is 3.71. The van der Waals surface area contributed by atoms with E-state index in [1.165, 1.54) is 0 Å². The first-order valence-corrected chi connectivity index (χ1v) is 8.49. The first-order valence-electron chi connectivity index (χ1n) is 8.49. The summed E-state index contributed by atoms with van der Waals surface area (Å²) in [5.74, 6) is 1.18. The standard InChI is InChI=1S/C17H24N6O/c1-14(12-23-10-4-8-21-23)11-20-16(24)15-5-2-9-22(13-15)17-18-6-3-7-19-17/h3-4,6-8,10,14-15H,2,5,9,11-13H2,1H3,(H,20,24)/t14-,15+/m0/s1. The summed E-state index contributed by atoms with van der Waals surface area (Å²) in [5, 5.41) is 7.29. The number of carbonyl (C=O) groups excluding carboxylic acids is 1. The van der Waals surface area contributed by atoms with Gasteiger partial charge in [-0.05, 0) is 30.9 Å². The van der Waals surface area contributed by atoms with E-state index in [4.69, 9.17) is 0 Å². The molecule has 2 aromatic heterocycles. The van der Waals surface area contributed by atoms with Gasteiger partial charge in [0.2, 0.25) is 11.9 Å². The zero-order valence-corrected chi connectivity index (χ0v) is 14.0. The highest BCUT2D eigenvalue weighted by Gasteiger charge is 2.27. The second-order valence-electron chi connectivity index (χ2n) is 6.41. The fourth-order valence-corrected chi connectivity index (χ4v) is 3.04. The zero-order chi connectivity index (χ0) is 16.8. The summed E-state index contributed by atoms with van der Waals surface area (Å²) >= 11 is 0. The minimum Gasteiger partial charge on any atom is -0.355 e. The molecule has 0 radical (unpaired) electrons. The number of hydrogen-bond acceptors (Lipinski definition) is 5. The van der Waals surface area contributed by atoms with Crippen molar-refractivity contribution in [1.29, 1.82) is 0 Å². The van der Waals surface area contributed by atoms with E-state index in [0.717, 1.165) is 25.9 Å². The lowest BCUT2D eigenvalue weighted by Crippen LogP contribution is -2.44. The van der Waals surface area contributed by atoms with E-state index < -0.39 is 0 Å². The van der Waals surface area contributed by atoms with E-state index >= 15 is 0 Å². The van der Waals surface area contributed by atoms with E-state index in [-0.39, 0.29) is 11.8 Å². The maximum absolute atomic E-state index is 12.5. The summed E-state index contributed by atoms with van der Waals surface area (Å²) < 4.78 is 1.89. The number of rotatable bonds is 6. The van der Waals surface area contributed by atoms with Crippen LogP contribution in [0.5, 0.6) is 0 Å². The first-order chi connectivity index (χ1) is 11.7. The van der Waals surface area contributed by atoms with Crippen molar-refractivity contribution in [3.63, 3.8) is 0 Å². The lowest BCUT2D eigenvalue weighted by atomic mass is 9.97. The van der Waals surface area contributed by atoms with Gasteiger partial charge in [-0.25, -0.2) is 9.97 Å². The molecule has 2 atom stereocenters. The molecule has 7 heteroatoms. The van der Waals surface area contributed by atoms with Gasteiger partial charge in [-0.3, -0.25) is 9.48 Å². The summed E-state index contributed by atoms with van der Waals surface area (Å²) in [6.45, 7) is 5.18. The number of carbonyl (C=O) groups is 1. The Morgan fingerprint density at radius 2 is 2.17 bits per heavy atom. The summed E-state index contributed by atoms with van der Waals surface area (Å²) in [4.78, 5) is 23.2. The normalized spacial score (nSPS) is 19.0. The van der Waals surface area contributed by atoms with Crippen LogP contribution >= 0.6 is 0 Å². The van der Waals surface area contributed by atoms with Crippen molar-refractivity contribution in [2.24, 2.45) is 11.8 Å². The monoisotopic (exact) mass is 328 g/mol. The molecule has 1 amide bonds. The number of hydrogen-bond donors (Lipinski definition) is 1. The Balaban J connectivity index is 1.47. The number of nitrogens with one attached hydrogen (secondary N) is 1. The Morgan fingerprint density at radius 1 is 1.33 bits per heavy atom. The van der Waals surface area contributed by atoms with Crippen molar-refractivity contribution in [1.82, 2.24) is 25.1 Å². The highest BCUT2D eigenvalue weighted by Crippen LogP contribution is 2.20. The lowest BCUT2D eigenvalue weighted by Gasteiger charge is -2.32. The zero-order valence-electron chi connectivity index (χ0n) is 14.0. The van der Waals surface area contributed by atoms with Crippen LogP contribution in [0, 0.1) is 11.8 Å². The smallest absolute Gasteiger partial charge is 0.225 e. The van der Waals surface area contributed by atoms with Crippen molar-refractivity contribution >= 4 is 11.9 Å². The maximum atomic E-state index is 12.5. The minimum atomic E-state index is -0.000500. The second-order valence-corrected chi connectivity index (χ2v) is 6.41. The van der Waals surface area contributed by atoms with Crippen LogP contribution in [0.3, 0.4) is 0 Å². The molecule has 0 spiro atoms. The number of amides is 1. The molecule has 128 valence electrons. The third kappa shape index (κ3) is 4.31. The third-order valence-electron chi connectivity index (χ3n) is 4.31. The topological polar surface area (TPSA) is 75.9 Å². The molecular formula is C17H24N6O. The summed E-state index contributed by atoms with van der Waals surface area (Å²) in [5.41, 5.74) is 0. The van der Waals surface area contributed by atoms with Crippen LogP contribution in [0.2, 0.25) is 0 Å². The number of aromatic nitrogens is 4. The predicted molar refractivity (Wildman–Crippen MR) is 91.4 cm³/mol. The maximum Gasteiger partial charge on any atom is 0.225 e. The van der Waals surface area contributed by atoms with Crippen LogP contribution in [0.1, 0.15) is 19.8 Å². The van der Waals surface area contributed by atoms with Gasteiger partial charge in [0.05, 0.1) is 5.92 Å². The number of nitrogens with zero attached hydrogens (tertiary/aromatic N) is 5. The molecule has 1 aliphatic rings. The average molecular weight is 328 g/mol.